The van der Waals surface area contributed by atoms with Gasteiger partial charge in [-0.1, -0.05) is 24.3 Å². The predicted molar refractivity (Wildman–Crippen MR) is 59.9 cm³/mol. The van der Waals surface area contributed by atoms with Crippen molar-refractivity contribution < 1.29 is 18.0 Å². The maximum absolute atomic E-state index is 12.5. The first kappa shape index (κ1) is 12.8. The first-order chi connectivity index (χ1) is 8.47. The van der Waals surface area contributed by atoms with Crippen LogP contribution >= 0.6 is 0 Å². The highest BCUT2D eigenvalue weighted by Gasteiger charge is 2.41. The van der Waals surface area contributed by atoms with E-state index in [2.05, 4.69) is 4.99 Å². The van der Waals surface area contributed by atoms with Gasteiger partial charge in [0, 0.05) is 0 Å². The number of rotatable bonds is 3. The van der Waals surface area contributed by atoms with Crippen molar-refractivity contribution in [3.05, 3.63) is 35.4 Å². The summed E-state index contributed by atoms with van der Waals surface area (Å²) in [4.78, 5) is 14.2. The van der Waals surface area contributed by atoms with E-state index in [0.29, 0.717) is 18.4 Å². The topological polar surface area (TPSA) is 29.4 Å². The molecule has 1 saturated carbocycles. The Labute approximate surface area is 103 Å². The van der Waals surface area contributed by atoms with Gasteiger partial charge in [0.25, 0.3) is 0 Å². The Morgan fingerprint density at radius 2 is 1.94 bits per heavy atom. The highest BCUT2D eigenvalue weighted by Crippen LogP contribution is 2.46. The number of hydrogen-bond acceptors (Lipinski definition) is 2. The molecular formula is C13H12F3NO. The van der Waals surface area contributed by atoms with E-state index >= 15 is 0 Å². The zero-order valence-corrected chi connectivity index (χ0v) is 9.63. The Bertz CT molecular complexity index is 485. The van der Waals surface area contributed by atoms with E-state index in [0.717, 1.165) is 6.42 Å². The third-order valence-electron chi connectivity index (χ3n) is 3.35. The summed E-state index contributed by atoms with van der Waals surface area (Å²) >= 11 is 0. The van der Waals surface area contributed by atoms with Gasteiger partial charge in [0.1, 0.15) is 0 Å². The van der Waals surface area contributed by atoms with Gasteiger partial charge in [0.15, 0.2) is 0 Å². The molecule has 0 unspecified atom stereocenters. The van der Waals surface area contributed by atoms with Crippen molar-refractivity contribution in [1.29, 1.82) is 0 Å². The van der Waals surface area contributed by atoms with Crippen LogP contribution in [0.2, 0.25) is 0 Å². The Morgan fingerprint density at radius 3 is 2.44 bits per heavy atom. The van der Waals surface area contributed by atoms with E-state index in [1.165, 1.54) is 12.1 Å². The third-order valence-corrected chi connectivity index (χ3v) is 3.35. The van der Waals surface area contributed by atoms with E-state index in [1.54, 1.807) is 18.2 Å². The van der Waals surface area contributed by atoms with Gasteiger partial charge in [-0.05, 0) is 30.4 Å². The smallest absolute Gasteiger partial charge is 0.211 e. The summed E-state index contributed by atoms with van der Waals surface area (Å²) in [5, 5.41) is 0. The number of carbonyl (C=O) groups excluding carboxylic acids is 1. The molecule has 1 fully saturated rings. The zero-order valence-electron chi connectivity index (χ0n) is 9.63. The maximum Gasteiger partial charge on any atom is 0.393 e. The van der Waals surface area contributed by atoms with Crippen molar-refractivity contribution in [3.63, 3.8) is 0 Å². The average Bonchev–Trinajstić information content (AvgIpc) is 2.22. The summed E-state index contributed by atoms with van der Waals surface area (Å²) in [5.74, 6) is 0. The Kier molecular flexibility index (Phi) is 3.26. The monoisotopic (exact) mass is 255 g/mol. The lowest BCUT2D eigenvalue weighted by Gasteiger charge is -2.38. The minimum atomic E-state index is -4.26. The molecule has 0 bridgehead atoms. The number of hydrogen-bond donors (Lipinski definition) is 0. The Balaban J connectivity index is 2.41. The van der Waals surface area contributed by atoms with Crippen molar-refractivity contribution in [2.45, 2.75) is 37.4 Å². The van der Waals surface area contributed by atoms with Crippen LogP contribution in [0.1, 0.15) is 30.4 Å². The van der Waals surface area contributed by atoms with E-state index in [-0.39, 0.29) is 5.56 Å². The number of benzene rings is 1. The fraction of sp³-hybridized carbons (Fsp3) is 0.462. The quantitative estimate of drug-likeness (QED) is 0.600. The van der Waals surface area contributed by atoms with E-state index in [4.69, 9.17) is 0 Å². The number of alkyl halides is 3. The van der Waals surface area contributed by atoms with Gasteiger partial charge in [-0.2, -0.15) is 18.2 Å². The standard InChI is InChI=1S/C13H12F3NO/c14-13(15,16)8-10-4-1-2-5-11(10)12(17-9-18)6-3-7-12/h1-2,4-5H,3,6-8H2. The molecule has 96 valence electrons. The van der Waals surface area contributed by atoms with Crippen LogP contribution in [0.15, 0.2) is 29.3 Å². The van der Waals surface area contributed by atoms with Crippen LogP contribution in [0, 0.1) is 0 Å². The van der Waals surface area contributed by atoms with Crippen LogP contribution in [0.4, 0.5) is 13.2 Å². The first-order valence-corrected chi connectivity index (χ1v) is 5.71. The van der Waals surface area contributed by atoms with Gasteiger partial charge in [-0.25, -0.2) is 4.79 Å². The molecule has 0 aromatic heterocycles. The molecule has 5 heteroatoms. The van der Waals surface area contributed by atoms with Crippen LogP contribution in [0.3, 0.4) is 0 Å². The van der Waals surface area contributed by atoms with Crippen molar-refractivity contribution in [1.82, 2.24) is 0 Å². The molecule has 0 amide bonds. The highest BCUT2D eigenvalue weighted by molar-refractivity contribution is 5.42. The van der Waals surface area contributed by atoms with Crippen LogP contribution in [-0.4, -0.2) is 12.3 Å². The molecular weight excluding hydrogens is 243 g/mol. The van der Waals surface area contributed by atoms with Gasteiger partial charge >= 0.3 is 6.18 Å². The number of nitrogens with zero attached hydrogens (tertiary/aromatic N) is 1. The maximum atomic E-state index is 12.5. The normalized spacial score (nSPS) is 17.7. The molecule has 0 saturated heterocycles. The van der Waals surface area contributed by atoms with Crippen molar-refractivity contribution in [2.24, 2.45) is 4.99 Å². The third kappa shape index (κ3) is 2.46. The summed E-state index contributed by atoms with van der Waals surface area (Å²) < 4.78 is 37.5. The predicted octanol–water partition coefficient (Wildman–Crippen LogP) is 3.51. The van der Waals surface area contributed by atoms with Crippen molar-refractivity contribution >= 4 is 6.08 Å². The summed E-state index contributed by atoms with van der Waals surface area (Å²) in [6.45, 7) is 0. The van der Waals surface area contributed by atoms with Gasteiger partial charge < -0.3 is 0 Å². The highest BCUT2D eigenvalue weighted by atomic mass is 19.4. The average molecular weight is 255 g/mol. The van der Waals surface area contributed by atoms with E-state index in [1.807, 2.05) is 0 Å². The molecule has 0 N–H and O–H groups in total. The molecule has 1 aliphatic carbocycles. The van der Waals surface area contributed by atoms with Crippen molar-refractivity contribution in [2.75, 3.05) is 0 Å². The first-order valence-electron chi connectivity index (χ1n) is 5.71. The zero-order chi connectivity index (χ0) is 13.2. The number of isocyanates is 1. The fourth-order valence-corrected chi connectivity index (χ4v) is 2.38. The lowest BCUT2D eigenvalue weighted by Crippen LogP contribution is -2.33. The van der Waals surface area contributed by atoms with E-state index in [9.17, 15) is 18.0 Å². The minimum absolute atomic E-state index is 0.198. The molecule has 1 aliphatic rings. The fourth-order valence-electron chi connectivity index (χ4n) is 2.38. The lowest BCUT2D eigenvalue weighted by molar-refractivity contribution is -0.127. The summed E-state index contributed by atoms with van der Waals surface area (Å²) in [6, 6.07) is 6.32. The second-order valence-electron chi connectivity index (χ2n) is 4.54. The number of aliphatic imine (C=N–C) groups is 1. The van der Waals surface area contributed by atoms with Crippen LogP contribution < -0.4 is 0 Å². The molecule has 0 aliphatic heterocycles. The molecule has 1 aromatic rings. The Hall–Kier alpha value is -1.61. The molecule has 0 spiro atoms. The van der Waals surface area contributed by atoms with Gasteiger partial charge in [-0.3, -0.25) is 0 Å². The second-order valence-corrected chi connectivity index (χ2v) is 4.54. The summed E-state index contributed by atoms with van der Waals surface area (Å²) in [5.41, 5.74) is -0.0653. The lowest BCUT2D eigenvalue weighted by atomic mass is 9.70. The van der Waals surface area contributed by atoms with Crippen LogP contribution in [-0.2, 0) is 16.8 Å². The largest absolute Gasteiger partial charge is 0.393 e. The molecule has 0 heterocycles. The molecule has 2 nitrogen and oxygen atoms in total. The summed E-state index contributed by atoms with van der Waals surface area (Å²) in [7, 11) is 0. The molecule has 1 aromatic carbocycles. The molecule has 2 rings (SSSR count). The molecule has 0 atom stereocenters. The molecule has 18 heavy (non-hydrogen) atoms. The van der Waals surface area contributed by atoms with E-state index < -0.39 is 18.1 Å². The van der Waals surface area contributed by atoms with Gasteiger partial charge in [0.2, 0.25) is 6.08 Å². The van der Waals surface area contributed by atoms with Crippen LogP contribution in [0.25, 0.3) is 0 Å². The van der Waals surface area contributed by atoms with Crippen molar-refractivity contribution in [3.8, 4) is 0 Å². The number of halogens is 3. The Morgan fingerprint density at radius 1 is 1.28 bits per heavy atom. The van der Waals surface area contributed by atoms with Gasteiger partial charge in [-0.15, -0.1) is 0 Å². The van der Waals surface area contributed by atoms with Crippen LogP contribution in [0.5, 0.6) is 0 Å². The molecule has 0 radical (unpaired) electrons. The summed E-state index contributed by atoms with van der Waals surface area (Å²) in [6.07, 6.45) is -1.67. The SMILES string of the molecule is O=C=NC1(c2ccccc2CC(F)(F)F)CCC1. The van der Waals surface area contributed by atoms with Gasteiger partial charge in [0.05, 0.1) is 12.0 Å². The minimum Gasteiger partial charge on any atom is -0.211 e. The second kappa shape index (κ2) is 4.58.